The standard InChI is InChI=1S/C12H26.C6H8O4/c1-3-5-7-9-11-12-10-8-6-4-2;1-3-5(7)10-4(2)6(8)9-3/h3-12H2,1-2H3;3-4H,1-2H3. The second kappa shape index (κ2) is 13.6. The highest BCUT2D eigenvalue weighted by molar-refractivity contribution is 5.86. The minimum absolute atomic E-state index is 0.480. The lowest BCUT2D eigenvalue weighted by Gasteiger charge is -2.22. The highest BCUT2D eigenvalue weighted by Gasteiger charge is 2.32. The van der Waals surface area contributed by atoms with Crippen molar-refractivity contribution in [3.05, 3.63) is 0 Å². The largest absolute Gasteiger partial charge is 0.448 e. The van der Waals surface area contributed by atoms with Gasteiger partial charge in [0.25, 0.3) is 0 Å². The van der Waals surface area contributed by atoms with Gasteiger partial charge in [0.15, 0.2) is 12.2 Å². The Labute approximate surface area is 135 Å². The van der Waals surface area contributed by atoms with Crippen LogP contribution >= 0.6 is 0 Å². The van der Waals surface area contributed by atoms with Crippen molar-refractivity contribution in [1.29, 1.82) is 0 Å². The molecular formula is C18H34O4. The zero-order valence-corrected chi connectivity index (χ0v) is 14.9. The minimum atomic E-state index is -0.747. The molecule has 1 rings (SSSR count). The van der Waals surface area contributed by atoms with Gasteiger partial charge in [0, 0.05) is 0 Å². The summed E-state index contributed by atoms with van der Waals surface area (Å²) < 4.78 is 9.19. The Morgan fingerprint density at radius 2 is 0.909 bits per heavy atom. The van der Waals surface area contributed by atoms with E-state index in [2.05, 4.69) is 23.3 Å². The highest BCUT2D eigenvalue weighted by Crippen LogP contribution is 2.10. The van der Waals surface area contributed by atoms with E-state index in [4.69, 9.17) is 0 Å². The summed E-state index contributed by atoms with van der Waals surface area (Å²) in [5.74, 6) is -0.959. The molecule has 1 aliphatic rings. The second-order valence-electron chi connectivity index (χ2n) is 5.99. The van der Waals surface area contributed by atoms with Gasteiger partial charge in [-0.25, -0.2) is 9.59 Å². The average Bonchev–Trinajstić information content (AvgIpc) is 2.49. The predicted octanol–water partition coefficient (Wildman–Crippen LogP) is 4.79. The fraction of sp³-hybridized carbons (Fsp3) is 0.889. The molecule has 0 N–H and O–H groups in total. The van der Waals surface area contributed by atoms with Crippen molar-refractivity contribution in [3.63, 3.8) is 0 Å². The zero-order valence-electron chi connectivity index (χ0n) is 14.9. The molecule has 4 heteroatoms. The van der Waals surface area contributed by atoms with Gasteiger partial charge in [-0.05, 0) is 13.8 Å². The van der Waals surface area contributed by atoms with Gasteiger partial charge >= 0.3 is 11.9 Å². The van der Waals surface area contributed by atoms with Gasteiger partial charge in [0.1, 0.15) is 0 Å². The lowest BCUT2D eigenvalue weighted by Crippen LogP contribution is -2.40. The van der Waals surface area contributed by atoms with Crippen LogP contribution in [0.1, 0.15) is 91.9 Å². The van der Waals surface area contributed by atoms with Crippen molar-refractivity contribution in [2.75, 3.05) is 0 Å². The molecule has 2 unspecified atom stereocenters. The number of rotatable bonds is 9. The molecule has 1 aliphatic heterocycles. The molecule has 0 radical (unpaired) electrons. The summed E-state index contributed by atoms with van der Waals surface area (Å²) in [6.45, 7) is 7.51. The first kappa shape index (κ1) is 20.9. The maximum Gasteiger partial charge on any atom is 0.347 e. The first-order chi connectivity index (χ1) is 10.5. The summed E-state index contributed by atoms with van der Waals surface area (Å²) in [6.07, 6.45) is 12.9. The number of hydrogen-bond donors (Lipinski definition) is 0. The molecule has 0 aliphatic carbocycles. The second-order valence-corrected chi connectivity index (χ2v) is 5.99. The summed E-state index contributed by atoms with van der Waals surface area (Å²) in [5, 5.41) is 0. The van der Waals surface area contributed by atoms with Gasteiger partial charge in [-0.15, -0.1) is 0 Å². The van der Waals surface area contributed by atoms with Crippen LogP contribution in [-0.4, -0.2) is 24.1 Å². The number of carbonyl (C=O) groups is 2. The van der Waals surface area contributed by atoms with Crippen LogP contribution in [-0.2, 0) is 19.1 Å². The monoisotopic (exact) mass is 314 g/mol. The van der Waals surface area contributed by atoms with Crippen molar-refractivity contribution in [3.8, 4) is 0 Å². The van der Waals surface area contributed by atoms with E-state index in [9.17, 15) is 9.59 Å². The molecule has 4 nitrogen and oxygen atoms in total. The summed E-state index contributed by atoms with van der Waals surface area (Å²) in [5.41, 5.74) is 0. The van der Waals surface area contributed by atoms with E-state index >= 15 is 0 Å². The zero-order chi connectivity index (χ0) is 16.8. The van der Waals surface area contributed by atoms with Crippen molar-refractivity contribution in [1.82, 2.24) is 0 Å². The Kier molecular flexibility index (Phi) is 12.9. The topological polar surface area (TPSA) is 52.6 Å². The SMILES string of the molecule is CC1OC(=O)C(C)OC1=O.CCCCCCCCCCCC. The first-order valence-electron chi connectivity index (χ1n) is 8.93. The molecule has 1 heterocycles. The van der Waals surface area contributed by atoms with Crippen LogP contribution in [0.25, 0.3) is 0 Å². The molecule has 2 atom stereocenters. The summed E-state index contributed by atoms with van der Waals surface area (Å²) in [6, 6.07) is 0. The highest BCUT2D eigenvalue weighted by atomic mass is 16.6. The Hall–Kier alpha value is -1.06. The number of ether oxygens (including phenoxy) is 2. The number of hydrogen-bond acceptors (Lipinski definition) is 4. The van der Waals surface area contributed by atoms with E-state index in [1.54, 1.807) is 0 Å². The van der Waals surface area contributed by atoms with Crippen LogP contribution in [0.15, 0.2) is 0 Å². The van der Waals surface area contributed by atoms with Crippen molar-refractivity contribution >= 4 is 11.9 Å². The van der Waals surface area contributed by atoms with Crippen molar-refractivity contribution in [2.45, 2.75) is 104 Å². The van der Waals surface area contributed by atoms with Gasteiger partial charge in [-0.1, -0.05) is 78.1 Å². The van der Waals surface area contributed by atoms with Crippen LogP contribution in [0.5, 0.6) is 0 Å². The van der Waals surface area contributed by atoms with E-state index < -0.39 is 24.1 Å². The Bertz CT molecular complexity index is 271. The lowest BCUT2D eigenvalue weighted by atomic mass is 10.1. The van der Waals surface area contributed by atoms with Gasteiger partial charge < -0.3 is 9.47 Å². The quantitative estimate of drug-likeness (QED) is 0.453. The van der Waals surface area contributed by atoms with Crippen LogP contribution in [0, 0.1) is 0 Å². The number of unbranched alkanes of at least 4 members (excludes halogenated alkanes) is 9. The summed E-state index contributed by atoms with van der Waals surface area (Å²) in [7, 11) is 0. The summed E-state index contributed by atoms with van der Waals surface area (Å²) >= 11 is 0. The molecule has 0 amide bonds. The van der Waals surface area contributed by atoms with E-state index in [1.165, 1.54) is 78.1 Å². The summed E-state index contributed by atoms with van der Waals surface area (Å²) in [4.78, 5) is 21.3. The smallest absolute Gasteiger partial charge is 0.347 e. The van der Waals surface area contributed by atoms with Crippen LogP contribution < -0.4 is 0 Å². The van der Waals surface area contributed by atoms with Crippen LogP contribution in [0.2, 0.25) is 0 Å². The molecule has 0 spiro atoms. The Balaban J connectivity index is 0.000000406. The molecule has 130 valence electrons. The van der Waals surface area contributed by atoms with Crippen molar-refractivity contribution in [2.24, 2.45) is 0 Å². The van der Waals surface area contributed by atoms with Gasteiger partial charge in [0.2, 0.25) is 0 Å². The lowest BCUT2D eigenvalue weighted by molar-refractivity contribution is -0.191. The van der Waals surface area contributed by atoms with Gasteiger partial charge in [-0.3, -0.25) is 0 Å². The predicted molar refractivity (Wildman–Crippen MR) is 88.6 cm³/mol. The third-order valence-electron chi connectivity index (χ3n) is 3.71. The molecule has 0 saturated carbocycles. The fourth-order valence-corrected chi connectivity index (χ4v) is 2.20. The molecule has 0 aromatic carbocycles. The van der Waals surface area contributed by atoms with Gasteiger partial charge in [-0.2, -0.15) is 0 Å². The number of cyclic esters (lactones) is 2. The third-order valence-corrected chi connectivity index (χ3v) is 3.71. The average molecular weight is 314 g/mol. The Morgan fingerprint density at radius 1 is 0.636 bits per heavy atom. The molecule has 1 saturated heterocycles. The fourth-order valence-electron chi connectivity index (χ4n) is 2.20. The molecule has 1 fully saturated rings. The maximum atomic E-state index is 10.7. The molecular weight excluding hydrogens is 280 g/mol. The number of carbonyl (C=O) groups excluding carboxylic acids is 2. The van der Waals surface area contributed by atoms with E-state index in [1.807, 2.05) is 0 Å². The van der Waals surface area contributed by atoms with E-state index in [-0.39, 0.29) is 0 Å². The normalized spacial score (nSPS) is 20.7. The Morgan fingerprint density at radius 3 is 1.18 bits per heavy atom. The maximum absolute atomic E-state index is 10.7. The number of esters is 2. The molecule has 22 heavy (non-hydrogen) atoms. The van der Waals surface area contributed by atoms with E-state index in [0.29, 0.717) is 0 Å². The van der Waals surface area contributed by atoms with Crippen LogP contribution in [0.4, 0.5) is 0 Å². The van der Waals surface area contributed by atoms with Crippen molar-refractivity contribution < 1.29 is 19.1 Å². The molecule has 0 aromatic rings. The van der Waals surface area contributed by atoms with Crippen LogP contribution in [0.3, 0.4) is 0 Å². The first-order valence-corrected chi connectivity index (χ1v) is 8.93. The molecule has 0 bridgehead atoms. The van der Waals surface area contributed by atoms with Gasteiger partial charge in [0.05, 0.1) is 0 Å². The van der Waals surface area contributed by atoms with E-state index in [0.717, 1.165) is 0 Å². The molecule has 0 aromatic heterocycles. The minimum Gasteiger partial charge on any atom is -0.448 e. The third kappa shape index (κ3) is 10.6.